The van der Waals surface area contributed by atoms with Crippen molar-refractivity contribution in [1.82, 2.24) is 0 Å². The zero-order valence-corrected chi connectivity index (χ0v) is 14.1. The molecule has 0 heterocycles. The van der Waals surface area contributed by atoms with Crippen LogP contribution in [0.25, 0.3) is 16.3 Å². The molecule has 0 bridgehead atoms. The number of allylic oxidation sites excluding steroid dienone is 4. The van der Waals surface area contributed by atoms with Crippen LogP contribution in [-0.4, -0.2) is 0 Å². The number of fused-ring (bicyclic) bond motifs is 1. The lowest BCUT2D eigenvalue weighted by Gasteiger charge is -2.18. The predicted octanol–water partition coefficient (Wildman–Crippen LogP) is 6.20. The van der Waals surface area contributed by atoms with Crippen molar-refractivity contribution in [2.75, 3.05) is 0 Å². The zero-order chi connectivity index (χ0) is 14.1. The quantitative estimate of drug-likeness (QED) is 0.549. The predicted molar refractivity (Wildman–Crippen MR) is 96.8 cm³/mol. The molecule has 0 spiro atoms. The topological polar surface area (TPSA) is 0 Å². The second kappa shape index (κ2) is 5.72. The summed E-state index contributed by atoms with van der Waals surface area (Å²) in [5.41, 5.74) is 4.41. The smallest absolute Gasteiger partial charge is 0.0136 e. The molecule has 0 radical (unpaired) electrons. The fourth-order valence-electron chi connectivity index (χ4n) is 2.79. The van der Waals surface area contributed by atoms with Crippen LogP contribution in [0.5, 0.6) is 0 Å². The van der Waals surface area contributed by atoms with E-state index in [-0.39, 0.29) is 0 Å². The van der Waals surface area contributed by atoms with Gasteiger partial charge < -0.3 is 0 Å². The minimum Gasteiger partial charge on any atom is -0.0673 e. The van der Waals surface area contributed by atoms with Gasteiger partial charge in [-0.15, -0.1) is 0 Å². The maximum atomic E-state index is 2.37. The summed E-state index contributed by atoms with van der Waals surface area (Å²) in [4.78, 5) is 0. The number of halogens is 1. The maximum Gasteiger partial charge on any atom is 0.0136 e. The summed E-state index contributed by atoms with van der Waals surface area (Å²) in [6, 6.07) is 13.5. The highest BCUT2D eigenvalue weighted by molar-refractivity contribution is 14.1. The van der Waals surface area contributed by atoms with E-state index in [1.807, 2.05) is 0 Å². The summed E-state index contributed by atoms with van der Waals surface area (Å²) in [5, 5.41) is 2.66. The van der Waals surface area contributed by atoms with Gasteiger partial charge >= 0.3 is 0 Å². The molecule has 0 aliphatic heterocycles. The van der Waals surface area contributed by atoms with Crippen LogP contribution in [0.15, 0.2) is 54.1 Å². The molecule has 3 rings (SSSR count). The molecule has 0 N–H and O–H groups in total. The van der Waals surface area contributed by atoms with Crippen molar-refractivity contribution in [3.8, 4) is 0 Å². The van der Waals surface area contributed by atoms with Gasteiger partial charge in [0, 0.05) is 3.57 Å². The third kappa shape index (κ3) is 2.83. The zero-order valence-electron chi connectivity index (χ0n) is 12.0. The van der Waals surface area contributed by atoms with E-state index in [2.05, 4.69) is 85.0 Å². The Morgan fingerprint density at radius 2 is 1.65 bits per heavy atom. The lowest BCUT2D eigenvalue weighted by molar-refractivity contribution is 0.713. The molecule has 0 atom stereocenters. The molecule has 0 aromatic heterocycles. The Bertz CT molecular complexity index is 705. The average Bonchev–Trinajstić information content (AvgIpc) is 2.47. The number of hydrogen-bond donors (Lipinski definition) is 0. The van der Waals surface area contributed by atoms with Crippen molar-refractivity contribution in [3.05, 3.63) is 63.3 Å². The summed E-state index contributed by atoms with van der Waals surface area (Å²) in [5.74, 6) is 0.673. The molecule has 0 fully saturated rings. The van der Waals surface area contributed by atoms with Gasteiger partial charge in [0.05, 0.1) is 0 Å². The molecule has 0 saturated carbocycles. The number of hydrogen-bond acceptors (Lipinski definition) is 0. The molecule has 102 valence electrons. The Hall–Kier alpha value is -1.09. The van der Waals surface area contributed by atoms with Crippen molar-refractivity contribution in [3.63, 3.8) is 0 Å². The number of rotatable bonds is 2. The van der Waals surface area contributed by atoms with Crippen molar-refractivity contribution >= 4 is 38.9 Å². The minimum atomic E-state index is 0.673. The van der Waals surface area contributed by atoms with Crippen LogP contribution >= 0.6 is 22.6 Å². The minimum absolute atomic E-state index is 0.673. The SMILES string of the molecule is CC(C)C1=CC=C(c2ccc3cc(I)ccc3c2)CC1. The van der Waals surface area contributed by atoms with Crippen molar-refractivity contribution in [1.29, 1.82) is 0 Å². The third-order valence-corrected chi connectivity index (χ3v) is 4.77. The summed E-state index contributed by atoms with van der Waals surface area (Å²) in [6.07, 6.45) is 7.00. The van der Waals surface area contributed by atoms with Gasteiger partial charge in [-0.3, -0.25) is 0 Å². The highest BCUT2D eigenvalue weighted by Crippen LogP contribution is 2.31. The van der Waals surface area contributed by atoms with Gasteiger partial charge in [-0.25, -0.2) is 0 Å². The largest absolute Gasteiger partial charge is 0.0673 e. The highest BCUT2D eigenvalue weighted by Gasteiger charge is 2.11. The molecule has 0 amide bonds. The van der Waals surface area contributed by atoms with Crippen LogP contribution < -0.4 is 0 Å². The molecule has 1 aliphatic rings. The Kier molecular flexibility index (Phi) is 3.97. The maximum absolute atomic E-state index is 2.37. The van der Waals surface area contributed by atoms with E-state index in [0.717, 1.165) is 0 Å². The van der Waals surface area contributed by atoms with Crippen LogP contribution in [0.2, 0.25) is 0 Å². The molecule has 1 heteroatoms. The summed E-state index contributed by atoms with van der Waals surface area (Å²) < 4.78 is 1.30. The summed E-state index contributed by atoms with van der Waals surface area (Å²) in [6.45, 7) is 4.56. The monoisotopic (exact) mass is 374 g/mol. The molecule has 0 unspecified atom stereocenters. The van der Waals surface area contributed by atoms with Gasteiger partial charge in [0.2, 0.25) is 0 Å². The fraction of sp³-hybridized carbons (Fsp3) is 0.263. The third-order valence-electron chi connectivity index (χ3n) is 4.10. The van der Waals surface area contributed by atoms with Crippen LogP contribution in [0.3, 0.4) is 0 Å². The Morgan fingerprint density at radius 3 is 2.35 bits per heavy atom. The van der Waals surface area contributed by atoms with Gasteiger partial charge in [0.25, 0.3) is 0 Å². The van der Waals surface area contributed by atoms with Crippen molar-refractivity contribution < 1.29 is 0 Å². The molecule has 1 aliphatic carbocycles. The highest BCUT2D eigenvalue weighted by atomic mass is 127. The van der Waals surface area contributed by atoms with Crippen LogP contribution in [0, 0.1) is 9.49 Å². The van der Waals surface area contributed by atoms with Gasteiger partial charge in [-0.2, -0.15) is 0 Å². The van der Waals surface area contributed by atoms with Crippen LogP contribution in [0.4, 0.5) is 0 Å². The van der Waals surface area contributed by atoms with Gasteiger partial charge in [-0.1, -0.05) is 49.8 Å². The van der Waals surface area contributed by atoms with E-state index < -0.39 is 0 Å². The van der Waals surface area contributed by atoms with E-state index >= 15 is 0 Å². The lowest BCUT2D eigenvalue weighted by Crippen LogP contribution is -1.99. The first-order chi connectivity index (χ1) is 9.63. The van der Waals surface area contributed by atoms with E-state index in [4.69, 9.17) is 0 Å². The second-order valence-electron chi connectivity index (χ2n) is 5.79. The first-order valence-corrected chi connectivity index (χ1v) is 8.30. The first-order valence-electron chi connectivity index (χ1n) is 7.23. The molecule has 2 aromatic carbocycles. The Morgan fingerprint density at radius 1 is 0.900 bits per heavy atom. The van der Waals surface area contributed by atoms with Gasteiger partial charge in [0.1, 0.15) is 0 Å². The van der Waals surface area contributed by atoms with Crippen LogP contribution in [-0.2, 0) is 0 Å². The molecule has 20 heavy (non-hydrogen) atoms. The van der Waals surface area contributed by atoms with Crippen molar-refractivity contribution in [2.45, 2.75) is 26.7 Å². The van der Waals surface area contributed by atoms with Crippen LogP contribution in [0.1, 0.15) is 32.3 Å². The summed E-state index contributed by atoms with van der Waals surface area (Å²) >= 11 is 2.37. The normalized spacial score (nSPS) is 15.4. The van der Waals surface area contributed by atoms with E-state index in [1.54, 1.807) is 5.57 Å². The molecule has 0 nitrogen and oxygen atoms in total. The molecular weight excluding hydrogens is 355 g/mol. The van der Waals surface area contributed by atoms with E-state index in [1.165, 1.54) is 38.3 Å². The standard InChI is InChI=1S/C19H19I/c1-13(2)14-3-5-15(6-4-14)16-7-8-18-12-19(20)10-9-17(18)11-16/h3,5,7-13H,4,6H2,1-2H3. The lowest BCUT2D eigenvalue weighted by atomic mass is 9.88. The summed E-state index contributed by atoms with van der Waals surface area (Å²) in [7, 11) is 0. The second-order valence-corrected chi connectivity index (χ2v) is 7.04. The Balaban J connectivity index is 1.97. The first kappa shape index (κ1) is 13.9. The van der Waals surface area contributed by atoms with E-state index in [0.29, 0.717) is 5.92 Å². The fourth-order valence-corrected chi connectivity index (χ4v) is 3.31. The average molecular weight is 374 g/mol. The molecule has 0 saturated heterocycles. The van der Waals surface area contributed by atoms with Gasteiger partial charge in [-0.05, 0) is 81.5 Å². The Labute approximate surface area is 134 Å². The van der Waals surface area contributed by atoms with Gasteiger partial charge in [0.15, 0.2) is 0 Å². The molecule has 2 aromatic rings. The molecular formula is C19H19I. The van der Waals surface area contributed by atoms with E-state index in [9.17, 15) is 0 Å². The van der Waals surface area contributed by atoms with Crippen molar-refractivity contribution in [2.24, 2.45) is 5.92 Å². The number of benzene rings is 2.